The van der Waals surface area contributed by atoms with E-state index in [1.165, 1.54) is 0 Å². The molecule has 0 bridgehead atoms. The van der Waals surface area contributed by atoms with Crippen molar-refractivity contribution in [3.8, 4) is 0 Å². The van der Waals surface area contributed by atoms with Crippen LogP contribution in [-0.4, -0.2) is 15.2 Å². The summed E-state index contributed by atoms with van der Waals surface area (Å²) in [5.74, 6) is 0.290. The van der Waals surface area contributed by atoms with Crippen molar-refractivity contribution in [2.75, 3.05) is 5.32 Å². The van der Waals surface area contributed by atoms with Gasteiger partial charge in [-0.3, -0.25) is 4.79 Å². The number of rotatable bonds is 2. The first kappa shape index (κ1) is 12.1. The number of hydrogen-bond acceptors (Lipinski definition) is 2. The first-order valence-corrected chi connectivity index (χ1v) is 6.21. The van der Waals surface area contributed by atoms with Gasteiger partial charge in [-0.25, -0.2) is 4.98 Å². The van der Waals surface area contributed by atoms with E-state index in [0.717, 1.165) is 4.47 Å². The Labute approximate surface area is 112 Å². The monoisotopic (exact) mass is 322 g/mol. The summed E-state index contributed by atoms with van der Waals surface area (Å²) in [7, 11) is 0. The normalized spacial score (nSPS) is 26.2. The van der Waals surface area contributed by atoms with Crippen molar-refractivity contribution in [3.63, 3.8) is 0 Å². The highest BCUT2D eigenvalue weighted by atomic mass is 79.9. The van der Waals surface area contributed by atoms with E-state index in [-0.39, 0.29) is 5.91 Å². The number of nitrogens with zero attached hydrogens (tertiary/aromatic N) is 1. The summed E-state index contributed by atoms with van der Waals surface area (Å²) in [6.07, 6.45) is 2.07. The van der Waals surface area contributed by atoms with Crippen molar-refractivity contribution in [3.05, 3.63) is 22.8 Å². The second-order valence-corrected chi connectivity index (χ2v) is 6.43. The fourth-order valence-corrected chi connectivity index (χ4v) is 2.29. The van der Waals surface area contributed by atoms with Crippen LogP contribution in [0.4, 0.5) is 5.82 Å². The van der Waals surface area contributed by atoms with Crippen molar-refractivity contribution in [1.29, 1.82) is 0 Å². The summed E-state index contributed by atoms with van der Waals surface area (Å²) in [6.45, 7) is 1.74. The van der Waals surface area contributed by atoms with Crippen molar-refractivity contribution >= 4 is 50.9 Å². The SMILES string of the molecule is CC1(C(=O)Nc2ccc(Br)cn2)CC1(Cl)Cl. The molecule has 1 aliphatic carbocycles. The lowest BCUT2D eigenvalue weighted by atomic mass is 10.1. The fourth-order valence-electron chi connectivity index (χ4n) is 1.35. The van der Waals surface area contributed by atoms with Crippen molar-refractivity contribution < 1.29 is 4.79 Å². The quantitative estimate of drug-likeness (QED) is 0.848. The van der Waals surface area contributed by atoms with Crippen LogP contribution in [0.15, 0.2) is 22.8 Å². The van der Waals surface area contributed by atoms with Gasteiger partial charge in [0.15, 0.2) is 0 Å². The maximum atomic E-state index is 11.9. The number of nitrogens with one attached hydrogen (secondary N) is 1. The average molecular weight is 324 g/mol. The number of aromatic nitrogens is 1. The van der Waals surface area contributed by atoms with Gasteiger partial charge < -0.3 is 5.32 Å². The number of amides is 1. The molecule has 0 saturated heterocycles. The van der Waals surface area contributed by atoms with Crippen LogP contribution in [0.1, 0.15) is 13.3 Å². The number of halogens is 3. The molecule has 2 rings (SSSR count). The molecule has 1 aromatic rings. The van der Waals surface area contributed by atoms with Gasteiger partial charge in [-0.1, -0.05) is 0 Å². The van der Waals surface area contributed by atoms with Crippen molar-refractivity contribution in [2.24, 2.45) is 5.41 Å². The highest BCUT2D eigenvalue weighted by Crippen LogP contribution is 2.64. The van der Waals surface area contributed by atoms with E-state index in [0.29, 0.717) is 12.2 Å². The van der Waals surface area contributed by atoms with E-state index in [1.54, 1.807) is 25.3 Å². The molecule has 0 aromatic carbocycles. The average Bonchev–Trinajstić information content (AvgIpc) is 2.71. The Kier molecular flexibility index (Phi) is 2.93. The molecule has 1 amide bonds. The molecule has 1 unspecified atom stereocenters. The van der Waals surface area contributed by atoms with Crippen LogP contribution in [0.25, 0.3) is 0 Å². The second kappa shape index (κ2) is 3.86. The van der Waals surface area contributed by atoms with E-state index in [4.69, 9.17) is 23.2 Å². The molecule has 1 fully saturated rings. The van der Waals surface area contributed by atoms with E-state index in [1.807, 2.05) is 0 Å². The van der Waals surface area contributed by atoms with Crippen molar-refractivity contribution in [2.45, 2.75) is 17.7 Å². The lowest BCUT2D eigenvalue weighted by Crippen LogP contribution is -2.26. The smallest absolute Gasteiger partial charge is 0.234 e. The molecule has 3 nitrogen and oxygen atoms in total. The number of pyridine rings is 1. The van der Waals surface area contributed by atoms with Crippen molar-refractivity contribution in [1.82, 2.24) is 4.98 Å². The molecule has 0 spiro atoms. The van der Waals surface area contributed by atoms with E-state index < -0.39 is 9.75 Å². The Hall–Kier alpha value is -0.320. The van der Waals surface area contributed by atoms with Gasteiger partial charge in [-0.15, -0.1) is 23.2 Å². The Morgan fingerprint density at radius 2 is 2.19 bits per heavy atom. The van der Waals surface area contributed by atoms with Crippen LogP contribution in [0.5, 0.6) is 0 Å². The summed E-state index contributed by atoms with van der Waals surface area (Å²) in [6, 6.07) is 3.50. The zero-order chi connectivity index (χ0) is 12.0. The number of hydrogen-bond donors (Lipinski definition) is 1. The Morgan fingerprint density at radius 3 is 2.62 bits per heavy atom. The molecule has 1 heterocycles. The third kappa shape index (κ3) is 2.06. The van der Waals surface area contributed by atoms with Crippen LogP contribution in [0, 0.1) is 5.41 Å². The minimum Gasteiger partial charge on any atom is -0.310 e. The lowest BCUT2D eigenvalue weighted by Gasteiger charge is -2.11. The number of anilines is 1. The predicted molar refractivity (Wildman–Crippen MR) is 67.7 cm³/mol. The third-order valence-corrected chi connectivity index (χ3v) is 4.30. The molecule has 6 heteroatoms. The molecule has 1 N–H and O–H groups in total. The second-order valence-electron chi connectivity index (χ2n) is 4.03. The Balaban J connectivity index is 2.07. The minimum atomic E-state index is -0.952. The highest BCUT2D eigenvalue weighted by Gasteiger charge is 2.67. The molecular weight excluding hydrogens is 315 g/mol. The molecule has 86 valence electrons. The van der Waals surface area contributed by atoms with Gasteiger partial charge in [0.05, 0.1) is 5.41 Å². The van der Waals surface area contributed by atoms with Gasteiger partial charge >= 0.3 is 0 Å². The van der Waals surface area contributed by atoms with E-state index in [2.05, 4.69) is 26.2 Å². The molecule has 1 atom stereocenters. The molecule has 0 radical (unpaired) electrons. The molecule has 1 aromatic heterocycles. The first-order valence-electron chi connectivity index (χ1n) is 4.66. The maximum Gasteiger partial charge on any atom is 0.234 e. The number of alkyl halides is 2. The van der Waals surface area contributed by atoms with Gasteiger partial charge in [0, 0.05) is 10.7 Å². The van der Waals surface area contributed by atoms with Crippen LogP contribution in [-0.2, 0) is 4.79 Å². The summed E-state index contributed by atoms with van der Waals surface area (Å²) >= 11 is 15.1. The summed E-state index contributed by atoms with van der Waals surface area (Å²) in [5.41, 5.74) is -0.717. The zero-order valence-corrected chi connectivity index (χ0v) is 11.5. The maximum absolute atomic E-state index is 11.9. The highest BCUT2D eigenvalue weighted by molar-refractivity contribution is 9.10. The van der Waals surface area contributed by atoms with Gasteiger partial charge in [0.1, 0.15) is 10.2 Å². The van der Waals surface area contributed by atoms with Crippen LogP contribution in [0.2, 0.25) is 0 Å². The molecule has 0 aliphatic heterocycles. The van der Waals surface area contributed by atoms with E-state index >= 15 is 0 Å². The first-order chi connectivity index (χ1) is 7.35. The molecular formula is C10H9BrCl2N2O. The minimum absolute atomic E-state index is 0.202. The summed E-state index contributed by atoms with van der Waals surface area (Å²) < 4.78 is -0.0981. The summed E-state index contributed by atoms with van der Waals surface area (Å²) in [5, 5.41) is 2.69. The van der Waals surface area contributed by atoms with Gasteiger partial charge in [-0.2, -0.15) is 0 Å². The molecule has 1 aliphatic rings. The van der Waals surface area contributed by atoms with Gasteiger partial charge in [0.25, 0.3) is 0 Å². The third-order valence-electron chi connectivity index (χ3n) is 2.73. The largest absolute Gasteiger partial charge is 0.310 e. The summed E-state index contributed by atoms with van der Waals surface area (Å²) in [4.78, 5) is 15.9. The standard InChI is InChI=1S/C10H9BrCl2N2O/c1-9(5-10(9,12)13)8(16)15-7-3-2-6(11)4-14-7/h2-4H,5H2,1H3,(H,14,15,16). The van der Waals surface area contributed by atoms with Crippen LogP contribution < -0.4 is 5.32 Å². The Bertz CT molecular complexity index is 435. The molecule has 16 heavy (non-hydrogen) atoms. The number of carbonyl (C=O) groups excluding carboxylic acids is 1. The lowest BCUT2D eigenvalue weighted by molar-refractivity contribution is -0.120. The topological polar surface area (TPSA) is 42.0 Å². The fraction of sp³-hybridized carbons (Fsp3) is 0.400. The zero-order valence-electron chi connectivity index (χ0n) is 8.43. The Morgan fingerprint density at radius 1 is 1.56 bits per heavy atom. The van der Waals surface area contributed by atoms with Gasteiger partial charge in [-0.05, 0) is 41.4 Å². The number of carbonyl (C=O) groups is 1. The van der Waals surface area contributed by atoms with Crippen LogP contribution in [0.3, 0.4) is 0 Å². The van der Waals surface area contributed by atoms with Crippen LogP contribution >= 0.6 is 39.1 Å². The molecule has 1 saturated carbocycles. The van der Waals surface area contributed by atoms with Gasteiger partial charge in [0.2, 0.25) is 5.91 Å². The predicted octanol–water partition coefficient (Wildman–Crippen LogP) is 3.37. The van der Waals surface area contributed by atoms with E-state index in [9.17, 15) is 4.79 Å².